The monoisotopic (exact) mass is 516 g/mol. The van der Waals surface area contributed by atoms with Crippen LogP contribution in [0, 0.1) is 5.82 Å². The van der Waals surface area contributed by atoms with Crippen LogP contribution < -0.4 is 15.2 Å². The van der Waals surface area contributed by atoms with Crippen molar-refractivity contribution in [1.82, 2.24) is 4.90 Å². The maximum atomic E-state index is 14.1. The highest BCUT2D eigenvalue weighted by atomic mass is 19.4. The van der Waals surface area contributed by atoms with Gasteiger partial charge < -0.3 is 15.2 Å². The molecule has 2 atom stereocenters. The molecule has 0 fully saturated rings. The molecule has 37 heavy (non-hydrogen) atoms. The molecule has 9 heteroatoms. The van der Waals surface area contributed by atoms with E-state index in [9.17, 15) is 22.4 Å². The maximum Gasteiger partial charge on any atom is 0.416 e. The van der Waals surface area contributed by atoms with E-state index < -0.39 is 35.5 Å². The van der Waals surface area contributed by atoms with Crippen LogP contribution in [-0.2, 0) is 23.8 Å². The largest absolute Gasteiger partial charge is 0.493 e. The number of methoxy groups -OCH3 is 2. The molecule has 0 saturated heterocycles. The third-order valence-corrected chi connectivity index (χ3v) is 6.75. The summed E-state index contributed by atoms with van der Waals surface area (Å²) in [7, 11) is 3.05. The molecule has 1 aliphatic heterocycles. The fourth-order valence-corrected chi connectivity index (χ4v) is 5.09. The normalized spacial score (nSPS) is 16.6. The number of hydrogen-bond donors (Lipinski definition) is 1. The highest BCUT2D eigenvalue weighted by Gasteiger charge is 2.37. The zero-order chi connectivity index (χ0) is 26.7. The van der Waals surface area contributed by atoms with Crippen LogP contribution in [0.5, 0.6) is 11.5 Å². The highest BCUT2D eigenvalue weighted by molar-refractivity contribution is 5.81. The van der Waals surface area contributed by atoms with Gasteiger partial charge in [-0.2, -0.15) is 13.2 Å². The number of fused-ring (bicyclic) bond motifs is 1. The minimum absolute atomic E-state index is 0.149. The molecule has 1 aliphatic rings. The molecule has 0 aliphatic carbocycles. The van der Waals surface area contributed by atoms with Crippen molar-refractivity contribution in [3.8, 4) is 11.5 Å². The summed E-state index contributed by atoms with van der Waals surface area (Å²) >= 11 is 0. The van der Waals surface area contributed by atoms with E-state index in [0.29, 0.717) is 42.5 Å². The first-order valence-corrected chi connectivity index (χ1v) is 11.8. The lowest BCUT2D eigenvalue weighted by Gasteiger charge is -2.41. The lowest BCUT2D eigenvalue weighted by atomic mass is 9.86. The summed E-state index contributed by atoms with van der Waals surface area (Å²) in [5.41, 5.74) is 7.62. The zero-order valence-corrected chi connectivity index (χ0v) is 20.5. The van der Waals surface area contributed by atoms with Gasteiger partial charge in [-0.3, -0.25) is 9.69 Å². The van der Waals surface area contributed by atoms with Crippen LogP contribution in [0.25, 0.3) is 0 Å². The summed E-state index contributed by atoms with van der Waals surface area (Å²) in [5.74, 6) is -0.432. The van der Waals surface area contributed by atoms with E-state index in [0.717, 1.165) is 23.3 Å². The van der Waals surface area contributed by atoms with Gasteiger partial charge >= 0.3 is 6.18 Å². The predicted molar refractivity (Wildman–Crippen MR) is 131 cm³/mol. The fraction of sp³-hybridized carbons (Fsp3) is 0.321. The fourth-order valence-electron chi connectivity index (χ4n) is 5.09. The molecule has 0 bridgehead atoms. The van der Waals surface area contributed by atoms with Crippen molar-refractivity contribution in [3.05, 3.63) is 94.3 Å². The summed E-state index contributed by atoms with van der Waals surface area (Å²) < 4.78 is 64.9. The quantitative estimate of drug-likeness (QED) is 0.395. The molecule has 0 radical (unpaired) electrons. The van der Waals surface area contributed by atoms with E-state index in [-0.39, 0.29) is 12.0 Å². The highest BCUT2D eigenvalue weighted by Crippen LogP contribution is 2.43. The molecule has 5 nitrogen and oxygen atoms in total. The molecule has 3 aromatic rings. The van der Waals surface area contributed by atoms with Gasteiger partial charge in [0.1, 0.15) is 11.9 Å². The Morgan fingerprint density at radius 3 is 2.35 bits per heavy atom. The van der Waals surface area contributed by atoms with Crippen LogP contribution in [0.1, 0.15) is 46.3 Å². The second-order valence-corrected chi connectivity index (χ2v) is 9.01. The van der Waals surface area contributed by atoms with Gasteiger partial charge in [0.15, 0.2) is 11.5 Å². The zero-order valence-electron chi connectivity index (χ0n) is 20.5. The molecule has 0 spiro atoms. The van der Waals surface area contributed by atoms with Crippen molar-refractivity contribution in [1.29, 1.82) is 0 Å². The number of nitrogens with two attached hydrogens (primary N) is 1. The van der Waals surface area contributed by atoms with Gasteiger partial charge in [0.05, 0.1) is 19.8 Å². The summed E-state index contributed by atoms with van der Waals surface area (Å²) in [6, 6.07) is 14.2. The van der Waals surface area contributed by atoms with E-state index in [1.54, 1.807) is 0 Å². The third kappa shape index (κ3) is 5.72. The van der Waals surface area contributed by atoms with Gasteiger partial charge in [-0.05, 0) is 71.8 Å². The number of amides is 1. The average molecular weight is 517 g/mol. The van der Waals surface area contributed by atoms with Crippen molar-refractivity contribution >= 4 is 5.91 Å². The van der Waals surface area contributed by atoms with Gasteiger partial charge in [0.25, 0.3) is 0 Å². The van der Waals surface area contributed by atoms with Crippen molar-refractivity contribution in [2.24, 2.45) is 5.73 Å². The van der Waals surface area contributed by atoms with E-state index >= 15 is 0 Å². The number of nitrogens with zero attached hydrogens (tertiary/aromatic N) is 1. The van der Waals surface area contributed by atoms with E-state index in [4.69, 9.17) is 15.2 Å². The second-order valence-electron chi connectivity index (χ2n) is 9.01. The van der Waals surface area contributed by atoms with Gasteiger partial charge in [-0.15, -0.1) is 0 Å². The molecule has 2 unspecified atom stereocenters. The Morgan fingerprint density at radius 2 is 1.73 bits per heavy atom. The molecule has 196 valence electrons. The van der Waals surface area contributed by atoms with Crippen LogP contribution in [0.3, 0.4) is 0 Å². The SMILES string of the molecule is COc1cc2c(cc1OC)C(CCc1cc(F)cc(C(F)(F)F)c1)N(C(C(N)=O)c1ccccc1)CC2. The Balaban J connectivity index is 1.76. The van der Waals surface area contributed by atoms with Gasteiger partial charge in [-0.1, -0.05) is 30.3 Å². The molecule has 3 aromatic carbocycles. The number of rotatable bonds is 8. The Kier molecular flexibility index (Phi) is 7.73. The topological polar surface area (TPSA) is 64.8 Å². The first-order valence-electron chi connectivity index (χ1n) is 11.8. The third-order valence-electron chi connectivity index (χ3n) is 6.75. The number of carbonyl (C=O) groups excluding carboxylic acids is 1. The molecule has 1 heterocycles. The molecular formula is C28H28F4N2O3. The summed E-state index contributed by atoms with van der Waals surface area (Å²) in [6.07, 6.45) is -3.59. The molecule has 0 aromatic heterocycles. The summed E-state index contributed by atoms with van der Waals surface area (Å²) in [5, 5.41) is 0. The Hall–Kier alpha value is -3.59. The number of halogens is 4. The first kappa shape index (κ1) is 26.5. The number of aryl methyl sites for hydroxylation is 1. The van der Waals surface area contributed by atoms with Gasteiger partial charge in [0.2, 0.25) is 5.91 Å². The van der Waals surface area contributed by atoms with E-state index in [2.05, 4.69) is 0 Å². The lowest BCUT2D eigenvalue weighted by Crippen LogP contribution is -2.44. The molecule has 2 N–H and O–H groups in total. The standard InChI is InChI=1S/C28H28F4N2O3/c1-36-24-14-19-10-11-34(26(27(33)35)18-6-4-3-5-7-18)23(22(19)16-25(24)37-2)9-8-17-12-20(28(30,31)32)15-21(29)13-17/h3-7,12-16,23,26H,8-11H2,1-2H3,(H2,33,35). The van der Waals surface area contributed by atoms with Crippen molar-refractivity contribution in [3.63, 3.8) is 0 Å². The lowest BCUT2D eigenvalue weighted by molar-refractivity contribution is -0.137. The van der Waals surface area contributed by atoms with Crippen molar-refractivity contribution in [2.45, 2.75) is 37.5 Å². The van der Waals surface area contributed by atoms with Crippen LogP contribution >= 0.6 is 0 Å². The summed E-state index contributed by atoms with van der Waals surface area (Å²) in [6.45, 7) is 0.479. The average Bonchev–Trinajstić information content (AvgIpc) is 2.86. The minimum Gasteiger partial charge on any atom is -0.493 e. The summed E-state index contributed by atoms with van der Waals surface area (Å²) in [4.78, 5) is 14.7. The smallest absolute Gasteiger partial charge is 0.416 e. The van der Waals surface area contributed by atoms with Crippen LogP contribution in [0.15, 0.2) is 60.7 Å². The van der Waals surface area contributed by atoms with Gasteiger partial charge in [0, 0.05) is 12.6 Å². The number of ether oxygens (including phenoxy) is 2. The van der Waals surface area contributed by atoms with E-state index in [1.807, 2.05) is 47.4 Å². The van der Waals surface area contributed by atoms with Crippen LogP contribution in [0.4, 0.5) is 17.6 Å². The van der Waals surface area contributed by atoms with Gasteiger partial charge in [-0.25, -0.2) is 4.39 Å². The number of primary amides is 1. The Morgan fingerprint density at radius 1 is 1.05 bits per heavy atom. The van der Waals surface area contributed by atoms with Crippen LogP contribution in [-0.4, -0.2) is 31.6 Å². The molecule has 1 amide bonds. The second kappa shape index (κ2) is 10.8. The van der Waals surface area contributed by atoms with E-state index in [1.165, 1.54) is 14.2 Å². The minimum atomic E-state index is -4.66. The van der Waals surface area contributed by atoms with Crippen molar-refractivity contribution in [2.75, 3.05) is 20.8 Å². The van der Waals surface area contributed by atoms with Crippen molar-refractivity contribution < 1.29 is 31.8 Å². The molecule has 4 rings (SSSR count). The predicted octanol–water partition coefficient (Wildman–Crippen LogP) is 5.62. The molecular weight excluding hydrogens is 488 g/mol. The Bertz CT molecular complexity index is 1260. The maximum absolute atomic E-state index is 14.1. The Labute approximate surface area is 212 Å². The first-order chi connectivity index (χ1) is 17.6. The number of carbonyl (C=O) groups is 1. The number of benzene rings is 3. The van der Waals surface area contributed by atoms with Crippen LogP contribution in [0.2, 0.25) is 0 Å². The molecule has 0 saturated carbocycles. The number of alkyl halides is 3. The number of hydrogen-bond acceptors (Lipinski definition) is 4.